The molecule has 0 bridgehead atoms. The largest absolute Gasteiger partial charge is 0.480 e. The standard InChI is InChI=1S/C10H11F2NO4S/c1-6(10(14)15)13(2)18(16,17)9-5-7(11)3-4-8(9)12/h3-6H,1-2H3,(H,14,15). The van der Waals surface area contributed by atoms with Gasteiger partial charge in [0.1, 0.15) is 22.6 Å². The number of aliphatic carboxylic acids is 1. The van der Waals surface area contributed by atoms with Crippen molar-refractivity contribution in [3.63, 3.8) is 0 Å². The number of hydrogen-bond donors (Lipinski definition) is 1. The van der Waals surface area contributed by atoms with Crippen LogP contribution in [-0.2, 0) is 14.8 Å². The Kier molecular flexibility index (Phi) is 4.02. The van der Waals surface area contributed by atoms with E-state index in [1.165, 1.54) is 0 Å². The van der Waals surface area contributed by atoms with Gasteiger partial charge in [0.05, 0.1) is 0 Å². The number of likely N-dealkylation sites (N-methyl/N-ethyl adjacent to an activating group) is 1. The van der Waals surface area contributed by atoms with Crippen LogP contribution in [0.25, 0.3) is 0 Å². The van der Waals surface area contributed by atoms with Crippen LogP contribution in [0.5, 0.6) is 0 Å². The average Bonchev–Trinajstić information content (AvgIpc) is 2.29. The lowest BCUT2D eigenvalue weighted by molar-refractivity contribution is -0.140. The predicted molar refractivity (Wildman–Crippen MR) is 58.4 cm³/mol. The molecule has 0 aliphatic carbocycles. The lowest BCUT2D eigenvalue weighted by Crippen LogP contribution is -2.40. The third-order valence-corrected chi connectivity index (χ3v) is 4.40. The normalized spacial score (nSPS) is 13.6. The first-order chi connectivity index (χ1) is 8.17. The van der Waals surface area contributed by atoms with E-state index in [-0.39, 0.29) is 0 Å². The molecule has 1 N–H and O–H groups in total. The van der Waals surface area contributed by atoms with Crippen molar-refractivity contribution in [3.8, 4) is 0 Å². The molecule has 1 atom stereocenters. The molecule has 0 aliphatic heterocycles. The molecule has 1 aromatic rings. The first-order valence-electron chi connectivity index (χ1n) is 4.84. The molecule has 0 saturated carbocycles. The summed E-state index contributed by atoms with van der Waals surface area (Å²) < 4.78 is 50.6. The molecule has 5 nitrogen and oxygen atoms in total. The van der Waals surface area contributed by atoms with Crippen molar-refractivity contribution in [3.05, 3.63) is 29.8 Å². The Labute approximate surface area is 103 Å². The highest BCUT2D eigenvalue weighted by Gasteiger charge is 2.31. The zero-order valence-electron chi connectivity index (χ0n) is 9.59. The summed E-state index contributed by atoms with van der Waals surface area (Å²) in [5, 5.41) is 8.71. The van der Waals surface area contributed by atoms with Crippen LogP contribution in [0.15, 0.2) is 23.1 Å². The van der Waals surface area contributed by atoms with E-state index in [1.54, 1.807) is 0 Å². The van der Waals surface area contributed by atoms with Gasteiger partial charge in [0.15, 0.2) is 0 Å². The zero-order valence-corrected chi connectivity index (χ0v) is 10.4. The van der Waals surface area contributed by atoms with Crippen molar-refractivity contribution in [2.45, 2.75) is 17.9 Å². The van der Waals surface area contributed by atoms with Crippen molar-refractivity contribution >= 4 is 16.0 Å². The Morgan fingerprint density at radius 3 is 2.44 bits per heavy atom. The molecule has 0 heterocycles. The number of benzene rings is 1. The molecular weight excluding hydrogens is 268 g/mol. The molecule has 0 spiro atoms. The van der Waals surface area contributed by atoms with E-state index in [9.17, 15) is 22.0 Å². The minimum atomic E-state index is -4.40. The summed E-state index contributed by atoms with van der Waals surface area (Å²) >= 11 is 0. The first-order valence-corrected chi connectivity index (χ1v) is 6.28. The first kappa shape index (κ1) is 14.5. The van der Waals surface area contributed by atoms with Gasteiger partial charge in [-0.3, -0.25) is 4.79 Å². The molecule has 0 saturated heterocycles. The lowest BCUT2D eigenvalue weighted by atomic mass is 10.3. The van der Waals surface area contributed by atoms with Gasteiger partial charge in [0, 0.05) is 7.05 Å². The molecule has 0 aromatic heterocycles. The Morgan fingerprint density at radius 1 is 1.39 bits per heavy atom. The Hall–Kier alpha value is -1.54. The summed E-state index contributed by atoms with van der Waals surface area (Å²) in [5.41, 5.74) is 0. The van der Waals surface area contributed by atoms with E-state index in [1.807, 2.05) is 0 Å². The fourth-order valence-corrected chi connectivity index (χ4v) is 2.59. The number of halogens is 2. The van der Waals surface area contributed by atoms with Gasteiger partial charge < -0.3 is 5.11 Å². The Bertz CT molecular complexity index is 573. The second-order valence-corrected chi connectivity index (χ2v) is 5.58. The predicted octanol–water partition coefficient (Wildman–Crippen LogP) is 1.06. The van der Waals surface area contributed by atoms with Crippen molar-refractivity contribution in [2.24, 2.45) is 0 Å². The van der Waals surface area contributed by atoms with Crippen LogP contribution in [0.3, 0.4) is 0 Å². The van der Waals surface area contributed by atoms with Gasteiger partial charge in [-0.15, -0.1) is 0 Å². The number of carboxylic acids is 1. The minimum Gasteiger partial charge on any atom is -0.480 e. The van der Waals surface area contributed by atoms with Crippen LogP contribution in [0, 0.1) is 11.6 Å². The van der Waals surface area contributed by atoms with E-state index in [0.717, 1.165) is 20.0 Å². The SMILES string of the molecule is CC(C(=O)O)N(C)S(=O)(=O)c1cc(F)ccc1F. The monoisotopic (exact) mass is 279 g/mol. The summed E-state index contributed by atoms with van der Waals surface area (Å²) in [6.45, 7) is 1.12. The maximum absolute atomic E-state index is 13.4. The summed E-state index contributed by atoms with van der Waals surface area (Å²) in [4.78, 5) is 9.81. The van der Waals surface area contributed by atoms with Gasteiger partial charge in [-0.05, 0) is 25.1 Å². The van der Waals surface area contributed by atoms with Crippen molar-refractivity contribution in [2.75, 3.05) is 7.05 Å². The van der Waals surface area contributed by atoms with Gasteiger partial charge in [0.25, 0.3) is 0 Å². The highest BCUT2D eigenvalue weighted by molar-refractivity contribution is 7.89. The van der Waals surface area contributed by atoms with E-state index < -0.39 is 38.6 Å². The molecule has 1 rings (SSSR count). The molecule has 8 heteroatoms. The number of rotatable bonds is 4. The number of hydrogen-bond acceptors (Lipinski definition) is 3. The number of nitrogens with zero attached hydrogens (tertiary/aromatic N) is 1. The van der Waals surface area contributed by atoms with E-state index in [4.69, 9.17) is 5.11 Å². The summed E-state index contributed by atoms with van der Waals surface area (Å²) in [6, 6.07) is 0.560. The Morgan fingerprint density at radius 2 is 1.94 bits per heavy atom. The summed E-state index contributed by atoms with van der Waals surface area (Å²) in [7, 11) is -3.41. The van der Waals surface area contributed by atoms with Gasteiger partial charge in [0.2, 0.25) is 10.0 Å². The van der Waals surface area contributed by atoms with Crippen LogP contribution >= 0.6 is 0 Å². The molecule has 1 unspecified atom stereocenters. The summed E-state index contributed by atoms with van der Waals surface area (Å²) in [5.74, 6) is -3.45. The highest BCUT2D eigenvalue weighted by atomic mass is 32.2. The van der Waals surface area contributed by atoms with Crippen molar-refractivity contribution in [1.82, 2.24) is 4.31 Å². The van der Waals surface area contributed by atoms with Gasteiger partial charge in [-0.1, -0.05) is 0 Å². The maximum atomic E-state index is 13.4. The van der Waals surface area contributed by atoms with Crippen LogP contribution in [-0.4, -0.2) is 36.9 Å². The van der Waals surface area contributed by atoms with Crippen LogP contribution in [0.4, 0.5) is 8.78 Å². The van der Waals surface area contributed by atoms with E-state index in [2.05, 4.69) is 0 Å². The number of carbonyl (C=O) groups is 1. The third kappa shape index (κ3) is 2.65. The highest BCUT2D eigenvalue weighted by Crippen LogP contribution is 2.20. The Balaban J connectivity index is 3.29. The lowest BCUT2D eigenvalue weighted by Gasteiger charge is -2.21. The molecule has 1 aromatic carbocycles. The molecular formula is C10H11F2NO4S. The zero-order chi connectivity index (χ0) is 14.1. The fourth-order valence-electron chi connectivity index (χ4n) is 1.19. The maximum Gasteiger partial charge on any atom is 0.321 e. The molecule has 0 fully saturated rings. The molecule has 18 heavy (non-hydrogen) atoms. The van der Waals surface area contributed by atoms with E-state index >= 15 is 0 Å². The van der Waals surface area contributed by atoms with Crippen LogP contribution in [0.1, 0.15) is 6.92 Å². The second-order valence-electron chi connectivity index (χ2n) is 3.61. The van der Waals surface area contributed by atoms with Crippen LogP contribution in [0.2, 0.25) is 0 Å². The minimum absolute atomic E-state index is 0.465. The van der Waals surface area contributed by atoms with Crippen molar-refractivity contribution in [1.29, 1.82) is 0 Å². The molecule has 0 amide bonds. The van der Waals surface area contributed by atoms with Gasteiger partial charge >= 0.3 is 5.97 Å². The van der Waals surface area contributed by atoms with Crippen LogP contribution < -0.4 is 0 Å². The summed E-state index contributed by atoms with van der Waals surface area (Å²) in [6.07, 6.45) is 0. The van der Waals surface area contributed by atoms with Crippen molar-refractivity contribution < 1.29 is 27.1 Å². The molecule has 0 radical (unpaired) electrons. The van der Waals surface area contributed by atoms with Gasteiger partial charge in [-0.2, -0.15) is 4.31 Å². The smallest absolute Gasteiger partial charge is 0.321 e. The fraction of sp³-hybridized carbons (Fsp3) is 0.300. The molecule has 0 aliphatic rings. The molecule has 100 valence electrons. The second kappa shape index (κ2) is 4.99. The quantitative estimate of drug-likeness (QED) is 0.894. The number of sulfonamides is 1. The number of carboxylic acid groups (broad SMARTS) is 1. The average molecular weight is 279 g/mol. The van der Waals surface area contributed by atoms with E-state index in [0.29, 0.717) is 16.4 Å². The van der Waals surface area contributed by atoms with Gasteiger partial charge in [-0.25, -0.2) is 17.2 Å². The third-order valence-electron chi connectivity index (χ3n) is 2.45. The topological polar surface area (TPSA) is 74.7 Å².